The van der Waals surface area contributed by atoms with Crippen LogP contribution in [0.5, 0.6) is 0 Å². The van der Waals surface area contributed by atoms with Crippen molar-refractivity contribution in [2.24, 2.45) is 0 Å². The molecule has 0 aliphatic rings. The number of ether oxygens (including phenoxy) is 1. The molecule has 0 spiro atoms. The van der Waals surface area contributed by atoms with E-state index in [2.05, 4.69) is 6.92 Å². The molecule has 1 aromatic rings. The van der Waals surface area contributed by atoms with Gasteiger partial charge >= 0.3 is 5.97 Å². The Hall–Kier alpha value is -1.84. The van der Waals surface area contributed by atoms with Crippen molar-refractivity contribution in [3.05, 3.63) is 35.4 Å². The molecule has 0 radical (unpaired) electrons. The number of hydrogen-bond acceptors (Lipinski definition) is 3. The molecule has 4 nitrogen and oxygen atoms in total. The van der Waals surface area contributed by atoms with Crippen molar-refractivity contribution in [1.29, 1.82) is 0 Å². The zero-order valence-electron chi connectivity index (χ0n) is 13.2. The maximum absolute atomic E-state index is 12.2. The average Bonchev–Trinajstić information content (AvgIpc) is 2.50. The van der Waals surface area contributed by atoms with Crippen molar-refractivity contribution in [1.82, 2.24) is 4.90 Å². The van der Waals surface area contributed by atoms with Gasteiger partial charge < -0.3 is 9.64 Å². The first-order valence-corrected chi connectivity index (χ1v) is 7.58. The maximum atomic E-state index is 12.2. The lowest BCUT2D eigenvalue weighted by molar-refractivity contribution is -0.144. The molecule has 1 amide bonds. The van der Waals surface area contributed by atoms with Crippen LogP contribution >= 0.6 is 0 Å². The van der Waals surface area contributed by atoms with E-state index in [-0.39, 0.29) is 18.4 Å². The molecule has 21 heavy (non-hydrogen) atoms. The number of amides is 1. The van der Waals surface area contributed by atoms with Crippen LogP contribution in [0.15, 0.2) is 24.3 Å². The van der Waals surface area contributed by atoms with E-state index in [1.165, 1.54) is 10.5 Å². The van der Waals surface area contributed by atoms with Gasteiger partial charge in [0.1, 0.15) is 6.54 Å². The molecule has 116 valence electrons. The first-order chi connectivity index (χ1) is 10.1. The van der Waals surface area contributed by atoms with Crippen molar-refractivity contribution < 1.29 is 14.3 Å². The lowest BCUT2D eigenvalue weighted by Crippen LogP contribution is -2.33. The third kappa shape index (κ3) is 5.98. The highest BCUT2D eigenvalue weighted by molar-refractivity contribution is 5.95. The van der Waals surface area contributed by atoms with Crippen molar-refractivity contribution in [2.45, 2.75) is 39.5 Å². The van der Waals surface area contributed by atoms with E-state index in [0.717, 1.165) is 25.7 Å². The largest absolute Gasteiger partial charge is 0.464 e. The number of carbonyl (C=O) groups excluding carboxylic acids is 2. The molecule has 0 aliphatic carbocycles. The van der Waals surface area contributed by atoms with Crippen LogP contribution in [0.25, 0.3) is 0 Å². The normalized spacial score (nSPS) is 10.2. The minimum atomic E-state index is -0.368. The van der Waals surface area contributed by atoms with E-state index in [0.29, 0.717) is 12.2 Å². The SMILES string of the molecule is CCCCc1ccc(C(=O)N(C)CC(=O)OCCC)cc1. The Kier molecular flexibility index (Phi) is 7.51. The summed E-state index contributed by atoms with van der Waals surface area (Å²) in [6.07, 6.45) is 4.12. The van der Waals surface area contributed by atoms with Crippen LogP contribution in [0.2, 0.25) is 0 Å². The van der Waals surface area contributed by atoms with E-state index < -0.39 is 0 Å². The van der Waals surface area contributed by atoms with Gasteiger partial charge in [0.25, 0.3) is 5.91 Å². The van der Waals surface area contributed by atoms with Crippen molar-refractivity contribution in [2.75, 3.05) is 20.2 Å². The molecule has 0 saturated heterocycles. The van der Waals surface area contributed by atoms with Crippen LogP contribution in [0.3, 0.4) is 0 Å². The van der Waals surface area contributed by atoms with Crippen LogP contribution in [-0.4, -0.2) is 37.0 Å². The van der Waals surface area contributed by atoms with Crippen molar-refractivity contribution in [3.63, 3.8) is 0 Å². The van der Waals surface area contributed by atoms with Crippen LogP contribution < -0.4 is 0 Å². The van der Waals surface area contributed by atoms with Gasteiger partial charge in [-0.25, -0.2) is 0 Å². The first-order valence-electron chi connectivity index (χ1n) is 7.58. The van der Waals surface area contributed by atoms with Gasteiger partial charge in [-0.3, -0.25) is 9.59 Å². The van der Waals surface area contributed by atoms with Gasteiger partial charge in [0, 0.05) is 12.6 Å². The van der Waals surface area contributed by atoms with Gasteiger partial charge in [0.15, 0.2) is 0 Å². The van der Waals surface area contributed by atoms with Crippen LogP contribution in [0.4, 0.5) is 0 Å². The summed E-state index contributed by atoms with van der Waals surface area (Å²) in [5.41, 5.74) is 1.83. The lowest BCUT2D eigenvalue weighted by Gasteiger charge is -2.16. The summed E-state index contributed by atoms with van der Waals surface area (Å²) in [5, 5.41) is 0. The predicted octanol–water partition coefficient (Wildman–Crippen LogP) is 3.05. The third-order valence-corrected chi connectivity index (χ3v) is 3.20. The topological polar surface area (TPSA) is 46.6 Å². The molecule has 0 bridgehead atoms. The van der Waals surface area contributed by atoms with Crippen LogP contribution in [0, 0.1) is 0 Å². The fourth-order valence-corrected chi connectivity index (χ4v) is 1.94. The number of unbranched alkanes of at least 4 members (excludes halogenated alkanes) is 1. The fraction of sp³-hybridized carbons (Fsp3) is 0.529. The Labute approximate surface area is 127 Å². The summed E-state index contributed by atoms with van der Waals surface area (Å²) >= 11 is 0. The number of likely N-dealkylation sites (N-methyl/N-ethyl adjacent to an activating group) is 1. The molecule has 0 fully saturated rings. The molecule has 0 N–H and O–H groups in total. The van der Waals surface area contributed by atoms with Crippen LogP contribution in [0.1, 0.15) is 49.0 Å². The van der Waals surface area contributed by atoms with Gasteiger partial charge in [-0.15, -0.1) is 0 Å². The standard InChI is InChI=1S/C17H25NO3/c1-4-6-7-14-8-10-15(11-9-14)17(20)18(3)13-16(19)21-12-5-2/h8-11H,4-7,12-13H2,1-3H3. The van der Waals surface area contributed by atoms with E-state index >= 15 is 0 Å². The number of rotatable bonds is 8. The molecule has 1 rings (SSSR count). The highest BCUT2D eigenvalue weighted by Gasteiger charge is 2.15. The highest BCUT2D eigenvalue weighted by atomic mass is 16.5. The van der Waals surface area contributed by atoms with Gasteiger partial charge in [0.05, 0.1) is 6.61 Å². The molecule has 4 heteroatoms. The van der Waals surface area contributed by atoms with Gasteiger partial charge in [0.2, 0.25) is 0 Å². The summed E-state index contributed by atoms with van der Waals surface area (Å²) in [4.78, 5) is 25.1. The van der Waals surface area contributed by atoms with Gasteiger partial charge in [-0.1, -0.05) is 32.4 Å². The van der Waals surface area contributed by atoms with Crippen molar-refractivity contribution in [3.8, 4) is 0 Å². The third-order valence-electron chi connectivity index (χ3n) is 3.20. The zero-order chi connectivity index (χ0) is 15.7. The Balaban J connectivity index is 2.55. The Morgan fingerprint density at radius 1 is 1.10 bits per heavy atom. The summed E-state index contributed by atoms with van der Waals surface area (Å²) in [6, 6.07) is 7.60. The molecule has 0 saturated carbocycles. The highest BCUT2D eigenvalue weighted by Crippen LogP contribution is 2.09. The number of benzene rings is 1. The molecule has 0 unspecified atom stereocenters. The monoisotopic (exact) mass is 291 g/mol. The van der Waals surface area contributed by atoms with E-state index in [9.17, 15) is 9.59 Å². The summed E-state index contributed by atoms with van der Waals surface area (Å²) in [7, 11) is 1.61. The quantitative estimate of drug-likeness (QED) is 0.692. The molecule has 0 atom stereocenters. The lowest BCUT2D eigenvalue weighted by atomic mass is 10.1. The predicted molar refractivity (Wildman–Crippen MR) is 83.3 cm³/mol. The number of hydrogen-bond donors (Lipinski definition) is 0. The minimum absolute atomic E-state index is 0.0174. The van der Waals surface area contributed by atoms with E-state index in [4.69, 9.17) is 4.74 Å². The van der Waals surface area contributed by atoms with Crippen molar-refractivity contribution >= 4 is 11.9 Å². The van der Waals surface area contributed by atoms with E-state index in [1.807, 2.05) is 31.2 Å². The van der Waals surface area contributed by atoms with Gasteiger partial charge in [-0.2, -0.15) is 0 Å². The Morgan fingerprint density at radius 2 is 1.76 bits per heavy atom. The second kappa shape index (κ2) is 9.16. The smallest absolute Gasteiger partial charge is 0.325 e. The van der Waals surface area contributed by atoms with Gasteiger partial charge in [-0.05, 0) is 37.0 Å². The zero-order valence-corrected chi connectivity index (χ0v) is 13.2. The Bertz CT molecular complexity index is 454. The Morgan fingerprint density at radius 3 is 2.33 bits per heavy atom. The minimum Gasteiger partial charge on any atom is -0.464 e. The molecule has 1 aromatic carbocycles. The summed E-state index contributed by atoms with van der Waals surface area (Å²) in [5.74, 6) is -0.530. The molecule has 0 aromatic heterocycles. The fourth-order valence-electron chi connectivity index (χ4n) is 1.94. The molecular formula is C17H25NO3. The summed E-state index contributed by atoms with van der Waals surface area (Å²) in [6.45, 7) is 4.47. The first kappa shape index (κ1) is 17.2. The van der Waals surface area contributed by atoms with Crippen LogP contribution in [-0.2, 0) is 16.0 Å². The summed E-state index contributed by atoms with van der Waals surface area (Å²) < 4.78 is 4.98. The molecular weight excluding hydrogens is 266 g/mol. The maximum Gasteiger partial charge on any atom is 0.325 e. The number of nitrogens with zero attached hydrogens (tertiary/aromatic N) is 1. The second-order valence-corrected chi connectivity index (χ2v) is 5.18. The number of esters is 1. The average molecular weight is 291 g/mol. The molecule has 0 aliphatic heterocycles. The van der Waals surface area contributed by atoms with E-state index in [1.54, 1.807) is 7.05 Å². The molecule has 0 heterocycles. The second-order valence-electron chi connectivity index (χ2n) is 5.18. The number of aryl methyl sites for hydroxylation is 1. The number of carbonyl (C=O) groups is 2.